The standard InChI is InChI=1S/C18H26N2O4S/c1-13-6-5-7-14(2)20(13)18(22)12-19(25(4,23)24)17-10-8-16(9-11-17)15(3)21/h8-11,13-14H,5-7,12H2,1-4H3. The lowest BCUT2D eigenvalue weighted by Crippen LogP contribution is -2.51. The number of anilines is 1. The number of amides is 1. The predicted molar refractivity (Wildman–Crippen MR) is 98.3 cm³/mol. The van der Waals surface area contributed by atoms with E-state index in [1.165, 1.54) is 6.92 Å². The Morgan fingerprint density at radius 2 is 1.64 bits per heavy atom. The van der Waals surface area contributed by atoms with E-state index in [4.69, 9.17) is 0 Å². The number of hydrogen-bond acceptors (Lipinski definition) is 4. The molecule has 7 heteroatoms. The molecule has 0 bridgehead atoms. The van der Waals surface area contributed by atoms with Crippen LogP contribution in [0.5, 0.6) is 0 Å². The van der Waals surface area contributed by atoms with Gasteiger partial charge in [-0.2, -0.15) is 0 Å². The van der Waals surface area contributed by atoms with Gasteiger partial charge in [0.1, 0.15) is 6.54 Å². The summed E-state index contributed by atoms with van der Waals surface area (Å²) in [7, 11) is -3.62. The Labute approximate surface area is 149 Å². The van der Waals surface area contributed by atoms with E-state index in [0.29, 0.717) is 11.3 Å². The molecule has 1 heterocycles. The molecule has 0 saturated carbocycles. The second-order valence-electron chi connectivity index (χ2n) is 6.80. The molecule has 2 rings (SSSR count). The van der Waals surface area contributed by atoms with Crippen LogP contribution in [-0.2, 0) is 14.8 Å². The molecule has 0 spiro atoms. The van der Waals surface area contributed by atoms with Gasteiger partial charge >= 0.3 is 0 Å². The number of nitrogens with zero attached hydrogens (tertiary/aromatic N) is 2. The molecule has 1 aliphatic rings. The number of carbonyl (C=O) groups is 2. The van der Waals surface area contributed by atoms with Crippen molar-refractivity contribution in [3.05, 3.63) is 29.8 Å². The number of sulfonamides is 1. The first-order valence-electron chi connectivity index (χ1n) is 8.51. The van der Waals surface area contributed by atoms with Crippen LogP contribution in [0.25, 0.3) is 0 Å². The molecule has 0 aliphatic carbocycles. The van der Waals surface area contributed by atoms with Crippen molar-refractivity contribution in [3.63, 3.8) is 0 Å². The summed E-state index contributed by atoms with van der Waals surface area (Å²) in [5.41, 5.74) is 0.889. The van der Waals surface area contributed by atoms with Crippen molar-refractivity contribution >= 4 is 27.4 Å². The normalized spacial score (nSPS) is 21.0. The van der Waals surface area contributed by atoms with Crippen molar-refractivity contribution in [1.29, 1.82) is 0 Å². The highest BCUT2D eigenvalue weighted by atomic mass is 32.2. The third-order valence-electron chi connectivity index (χ3n) is 4.72. The highest BCUT2D eigenvalue weighted by Gasteiger charge is 2.31. The molecule has 1 aromatic rings. The van der Waals surface area contributed by atoms with Crippen molar-refractivity contribution in [3.8, 4) is 0 Å². The Balaban J connectivity index is 2.26. The highest BCUT2D eigenvalue weighted by Crippen LogP contribution is 2.24. The fourth-order valence-electron chi connectivity index (χ4n) is 3.38. The van der Waals surface area contributed by atoms with E-state index in [2.05, 4.69) is 0 Å². The van der Waals surface area contributed by atoms with Crippen molar-refractivity contribution in [2.45, 2.75) is 52.1 Å². The number of rotatable bonds is 5. The second-order valence-corrected chi connectivity index (χ2v) is 8.71. The van der Waals surface area contributed by atoms with Crippen LogP contribution in [0.1, 0.15) is 50.4 Å². The molecular formula is C18H26N2O4S. The Kier molecular flexibility index (Phi) is 5.87. The number of ketones is 1. The smallest absolute Gasteiger partial charge is 0.243 e. The van der Waals surface area contributed by atoms with Gasteiger partial charge in [-0.1, -0.05) is 0 Å². The van der Waals surface area contributed by atoms with E-state index < -0.39 is 10.0 Å². The summed E-state index contributed by atoms with van der Waals surface area (Å²) in [6.07, 6.45) is 4.03. The van der Waals surface area contributed by atoms with Gasteiger partial charge < -0.3 is 4.90 Å². The number of benzene rings is 1. The van der Waals surface area contributed by atoms with Gasteiger partial charge in [0, 0.05) is 17.6 Å². The van der Waals surface area contributed by atoms with Gasteiger partial charge in [-0.3, -0.25) is 13.9 Å². The Morgan fingerprint density at radius 1 is 1.12 bits per heavy atom. The molecule has 25 heavy (non-hydrogen) atoms. The Bertz CT molecular complexity index is 733. The van der Waals surface area contributed by atoms with Gasteiger partial charge in [0.05, 0.1) is 11.9 Å². The van der Waals surface area contributed by atoms with E-state index >= 15 is 0 Å². The lowest BCUT2D eigenvalue weighted by atomic mass is 9.97. The minimum Gasteiger partial charge on any atom is -0.336 e. The van der Waals surface area contributed by atoms with Gasteiger partial charge in [0.15, 0.2) is 5.78 Å². The van der Waals surface area contributed by atoms with Crippen molar-refractivity contribution in [2.75, 3.05) is 17.1 Å². The molecule has 1 aliphatic heterocycles. The summed E-state index contributed by atoms with van der Waals surface area (Å²) in [6.45, 7) is 5.22. The molecule has 1 amide bonds. The molecule has 138 valence electrons. The van der Waals surface area contributed by atoms with E-state index in [1.807, 2.05) is 13.8 Å². The lowest BCUT2D eigenvalue weighted by Gasteiger charge is -2.40. The van der Waals surface area contributed by atoms with Gasteiger partial charge in [0.25, 0.3) is 0 Å². The van der Waals surface area contributed by atoms with Crippen LogP contribution < -0.4 is 4.31 Å². The molecular weight excluding hydrogens is 340 g/mol. The lowest BCUT2D eigenvalue weighted by molar-refractivity contribution is -0.135. The molecule has 0 N–H and O–H groups in total. The zero-order valence-corrected chi connectivity index (χ0v) is 16.0. The first-order valence-corrected chi connectivity index (χ1v) is 10.4. The zero-order valence-electron chi connectivity index (χ0n) is 15.2. The van der Waals surface area contributed by atoms with Gasteiger partial charge in [-0.05, 0) is 64.3 Å². The largest absolute Gasteiger partial charge is 0.336 e. The van der Waals surface area contributed by atoms with Gasteiger partial charge in [0.2, 0.25) is 15.9 Å². The van der Waals surface area contributed by atoms with Crippen LogP contribution in [0.3, 0.4) is 0 Å². The zero-order chi connectivity index (χ0) is 18.8. The van der Waals surface area contributed by atoms with Crippen LogP contribution in [0.2, 0.25) is 0 Å². The maximum atomic E-state index is 12.8. The summed E-state index contributed by atoms with van der Waals surface area (Å²) in [5.74, 6) is -0.287. The third kappa shape index (κ3) is 4.60. The van der Waals surface area contributed by atoms with Gasteiger partial charge in [-0.25, -0.2) is 8.42 Å². The van der Waals surface area contributed by atoms with Crippen LogP contribution in [0, 0.1) is 0 Å². The summed E-state index contributed by atoms with van der Waals surface area (Å²) >= 11 is 0. The van der Waals surface area contributed by atoms with Crippen LogP contribution >= 0.6 is 0 Å². The third-order valence-corrected chi connectivity index (χ3v) is 5.86. The number of hydrogen-bond donors (Lipinski definition) is 0. The number of carbonyl (C=O) groups excluding carboxylic acids is 2. The van der Waals surface area contributed by atoms with E-state index in [-0.39, 0.29) is 30.3 Å². The summed E-state index contributed by atoms with van der Waals surface area (Å²) in [4.78, 5) is 26.0. The molecule has 0 radical (unpaired) electrons. The molecule has 2 unspecified atom stereocenters. The van der Waals surface area contributed by atoms with Crippen molar-refractivity contribution in [2.24, 2.45) is 0 Å². The van der Waals surface area contributed by atoms with Crippen LogP contribution in [-0.4, -0.2) is 49.9 Å². The van der Waals surface area contributed by atoms with Gasteiger partial charge in [-0.15, -0.1) is 0 Å². The average Bonchev–Trinajstić information content (AvgIpc) is 2.51. The number of piperidine rings is 1. The fourth-order valence-corrected chi connectivity index (χ4v) is 4.23. The topological polar surface area (TPSA) is 74.8 Å². The Hall–Kier alpha value is -1.89. The molecule has 1 fully saturated rings. The molecule has 0 aromatic heterocycles. The minimum atomic E-state index is -3.62. The predicted octanol–water partition coefficient (Wildman–Crippen LogP) is 2.44. The molecule has 2 atom stereocenters. The SMILES string of the molecule is CC(=O)c1ccc(N(CC(=O)N2C(C)CCCC2C)S(C)(=O)=O)cc1. The first kappa shape index (κ1) is 19.4. The molecule has 1 aromatic carbocycles. The molecule has 6 nitrogen and oxygen atoms in total. The average molecular weight is 366 g/mol. The first-order chi connectivity index (χ1) is 11.6. The quantitative estimate of drug-likeness (QED) is 0.750. The van der Waals surface area contributed by atoms with E-state index in [0.717, 1.165) is 29.8 Å². The second kappa shape index (κ2) is 7.56. The van der Waals surface area contributed by atoms with Crippen molar-refractivity contribution in [1.82, 2.24) is 4.90 Å². The van der Waals surface area contributed by atoms with E-state index in [9.17, 15) is 18.0 Å². The fraction of sp³-hybridized carbons (Fsp3) is 0.556. The van der Waals surface area contributed by atoms with Crippen LogP contribution in [0.4, 0.5) is 5.69 Å². The van der Waals surface area contributed by atoms with Crippen molar-refractivity contribution < 1.29 is 18.0 Å². The maximum absolute atomic E-state index is 12.8. The number of likely N-dealkylation sites (tertiary alicyclic amines) is 1. The highest BCUT2D eigenvalue weighted by molar-refractivity contribution is 7.92. The number of Topliss-reactive ketones (excluding diaryl/α,β-unsaturated/α-hetero) is 1. The Morgan fingerprint density at radius 3 is 2.08 bits per heavy atom. The van der Waals surface area contributed by atoms with E-state index in [1.54, 1.807) is 29.2 Å². The summed E-state index contributed by atoms with van der Waals surface area (Å²) in [5, 5.41) is 0. The minimum absolute atomic E-state index is 0.0931. The summed E-state index contributed by atoms with van der Waals surface area (Å²) < 4.78 is 25.5. The summed E-state index contributed by atoms with van der Waals surface area (Å²) in [6, 6.07) is 6.50. The maximum Gasteiger partial charge on any atom is 0.243 e. The van der Waals surface area contributed by atoms with Crippen LogP contribution in [0.15, 0.2) is 24.3 Å². The molecule has 1 saturated heterocycles. The monoisotopic (exact) mass is 366 g/mol.